The molecule has 0 aliphatic carbocycles. The molecule has 6 heteroatoms. The van der Waals surface area contributed by atoms with E-state index >= 15 is 0 Å². The minimum atomic E-state index is -3.70. The monoisotopic (exact) mass is 450 g/mol. The van der Waals surface area contributed by atoms with E-state index in [9.17, 15) is 13.2 Å². The van der Waals surface area contributed by atoms with E-state index in [1.165, 1.54) is 4.31 Å². The molecule has 0 spiro atoms. The zero-order valence-electron chi connectivity index (χ0n) is 19.2. The number of nitrogens with zero attached hydrogens (tertiary/aromatic N) is 1. The Morgan fingerprint density at radius 1 is 0.875 bits per heavy atom. The number of carbonyl (C=O) groups excluding carboxylic acids is 1. The van der Waals surface area contributed by atoms with E-state index in [1.54, 1.807) is 13.0 Å². The topological polar surface area (TPSA) is 66.5 Å². The summed E-state index contributed by atoms with van der Waals surface area (Å²) >= 11 is 0. The third kappa shape index (κ3) is 5.19. The number of amides is 1. The van der Waals surface area contributed by atoms with Crippen LogP contribution in [0.25, 0.3) is 0 Å². The summed E-state index contributed by atoms with van der Waals surface area (Å²) < 4.78 is 26.7. The lowest BCUT2D eigenvalue weighted by molar-refractivity contribution is -0.122. The van der Waals surface area contributed by atoms with Gasteiger partial charge in [-0.05, 0) is 61.6 Å². The lowest BCUT2D eigenvalue weighted by atomic mass is 9.94. The van der Waals surface area contributed by atoms with Crippen LogP contribution >= 0.6 is 0 Å². The van der Waals surface area contributed by atoms with Crippen molar-refractivity contribution in [2.45, 2.75) is 39.8 Å². The third-order valence-electron chi connectivity index (χ3n) is 5.61. The van der Waals surface area contributed by atoms with E-state index in [-0.39, 0.29) is 5.91 Å². The fourth-order valence-corrected chi connectivity index (χ4v) is 5.12. The van der Waals surface area contributed by atoms with Crippen molar-refractivity contribution in [2.24, 2.45) is 0 Å². The van der Waals surface area contributed by atoms with Crippen LogP contribution in [0.4, 0.5) is 5.69 Å². The van der Waals surface area contributed by atoms with Crippen molar-refractivity contribution < 1.29 is 13.2 Å². The fraction of sp³-hybridized carbons (Fsp3) is 0.269. The van der Waals surface area contributed by atoms with Gasteiger partial charge < -0.3 is 5.32 Å². The summed E-state index contributed by atoms with van der Waals surface area (Å²) in [5.74, 6) is -0.367. The molecule has 2 unspecified atom stereocenters. The van der Waals surface area contributed by atoms with Crippen molar-refractivity contribution in [1.82, 2.24) is 5.32 Å². The van der Waals surface area contributed by atoms with E-state index in [4.69, 9.17) is 0 Å². The minimum absolute atomic E-state index is 0.367. The van der Waals surface area contributed by atoms with Gasteiger partial charge in [-0.2, -0.15) is 0 Å². The van der Waals surface area contributed by atoms with Crippen molar-refractivity contribution in [3.05, 3.63) is 101 Å². The van der Waals surface area contributed by atoms with Crippen LogP contribution in [0.2, 0.25) is 0 Å². The van der Waals surface area contributed by atoms with Gasteiger partial charge in [0, 0.05) is 0 Å². The molecule has 3 rings (SSSR count). The number of aryl methyl sites for hydroxylation is 3. The Morgan fingerprint density at radius 2 is 1.50 bits per heavy atom. The molecular weight excluding hydrogens is 420 g/mol. The molecule has 0 saturated carbocycles. The van der Waals surface area contributed by atoms with Crippen molar-refractivity contribution in [3.8, 4) is 0 Å². The van der Waals surface area contributed by atoms with Crippen LogP contribution in [0.1, 0.15) is 40.8 Å². The lowest BCUT2D eigenvalue weighted by Crippen LogP contribution is -2.49. The largest absolute Gasteiger partial charge is 0.343 e. The Kier molecular flexibility index (Phi) is 7.04. The third-order valence-corrected chi connectivity index (χ3v) is 6.84. The lowest BCUT2D eigenvalue weighted by Gasteiger charge is -2.31. The van der Waals surface area contributed by atoms with Crippen LogP contribution in [-0.2, 0) is 14.8 Å². The highest BCUT2D eigenvalue weighted by Crippen LogP contribution is 2.28. The van der Waals surface area contributed by atoms with E-state index < -0.39 is 22.1 Å². The predicted molar refractivity (Wildman–Crippen MR) is 130 cm³/mol. The molecule has 32 heavy (non-hydrogen) atoms. The van der Waals surface area contributed by atoms with Gasteiger partial charge in [-0.1, -0.05) is 66.7 Å². The number of benzene rings is 3. The molecule has 0 bridgehead atoms. The molecule has 1 N–H and O–H groups in total. The maximum atomic E-state index is 13.5. The van der Waals surface area contributed by atoms with Gasteiger partial charge in [0.25, 0.3) is 0 Å². The number of hydrogen-bond donors (Lipinski definition) is 1. The summed E-state index contributed by atoms with van der Waals surface area (Å²) in [5.41, 5.74) is 5.18. The molecule has 0 aromatic heterocycles. The van der Waals surface area contributed by atoms with Crippen LogP contribution in [0.5, 0.6) is 0 Å². The second kappa shape index (κ2) is 9.57. The van der Waals surface area contributed by atoms with Gasteiger partial charge in [-0.15, -0.1) is 0 Å². The van der Waals surface area contributed by atoms with Crippen LogP contribution in [0.3, 0.4) is 0 Å². The first kappa shape index (κ1) is 23.5. The quantitative estimate of drug-likeness (QED) is 0.569. The van der Waals surface area contributed by atoms with Crippen LogP contribution in [0, 0.1) is 20.8 Å². The second-order valence-electron chi connectivity index (χ2n) is 8.23. The first-order valence-electron chi connectivity index (χ1n) is 10.6. The Hall–Kier alpha value is -3.12. The molecule has 0 radical (unpaired) electrons. The van der Waals surface area contributed by atoms with Gasteiger partial charge >= 0.3 is 0 Å². The van der Waals surface area contributed by atoms with Crippen molar-refractivity contribution >= 4 is 21.6 Å². The van der Waals surface area contributed by atoms with Crippen LogP contribution in [-0.4, -0.2) is 26.6 Å². The molecule has 0 saturated heterocycles. The average molecular weight is 451 g/mol. The number of rotatable bonds is 7. The maximum Gasteiger partial charge on any atom is 0.244 e. The molecule has 3 aromatic carbocycles. The smallest absolute Gasteiger partial charge is 0.244 e. The van der Waals surface area contributed by atoms with Crippen molar-refractivity contribution in [1.29, 1.82) is 0 Å². The van der Waals surface area contributed by atoms with E-state index in [1.807, 2.05) is 87.5 Å². The predicted octanol–water partition coefficient (Wildman–Crippen LogP) is 4.67. The van der Waals surface area contributed by atoms with Gasteiger partial charge in [-0.25, -0.2) is 8.42 Å². The standard InChI is InChI=1S/C26H30N2O3S/c1-18-15-16-20(3)24(17-18)28(32(5,30)31)21(4)26(29)27-25(22-12-7-6-8-13-22)23-14-10-9-11-19(23)2/h6-17,21,25H,1-5H3,(H,27,29). The highest BCUT2D eigenvalue weighted by Gasteiger charge is 2.32. The molecular formula is C26H30N2O3S. The van der Waals surface area contributed by atoms with Gasteiger partial charge in [0.05, 0.1) is 18.0 Å². The molecule has 5 nitrogen and oxygen atoms in total. The molecule has 168 valence electrons. The molecule has 1 amide bonds. The zero-order valence-corrected chi connectivity index (χ0v) is 20.0. The summed E-state index contributed by atoms with van der Waals surface area (Å²) in [6.07, 6.45) is 1.13. The molecule has 2 atom stereocenters. The molecule has 0 heterocycles. The average Bonchev–Trinajstić information content (AvgIpc) is 2.74. The Labute approximate surface area is 191 Å². The summed E-state index contributed by atoms with van der Waals surface area (Å²) in [7, 11) is -3.70. The Morgan fingerprint density at radius 3 is 2.12 bits per heavy atom. The summed E-state index contributed by atoms with van der Waals surface area (Å²) in [6, 6.07) is 21.8. The molecule has 0 fully saturated rings. The Bertz CT molecular complexity index is 1210. The van der Waals surface area contributed by atoms with Gasteiger partial charge in [-0.3, -0.25) is 9.10 Å². The van der Waals surface area contributed by atoms with Crippen molar-refractivity contribution in [3.63, 3.8) is 0 Å². The van der Waals surface area contributed by atoms with Crippen molar-refractivity contribution in [2.75, 3.05) is 10.6 Å². The van der Waals surface area contributed by atoms with Gasteiger partial charge in [0.15, 0.2) is 0 Å². The zero-order chi connectivity index (χ0) is 23.5. The maximum absolute atomic E-state index is 13.5. The summed E-state index contributed by atoms with van der Waals surface area (Å²) in [5, 5.41) is 3.10. The number of anilines is 1. The minimum Gasteiger partial charge on any atom is -0.343 e. The van der Waals surface area contributed by atoms with E-state index in [0.29, 0.717) is 5.69 Å². The Balaban J connectivity index is 2.01. The van der Waals surface area contributed by atoms with E-state index in [0.717, 1.165) is 34.1 Å². The summed E-state index contributed by atoms with van der Waals surface area (Å²) in [6.45, 7) is 7.37. The van der Waals surface area contributed by atoms with Gasteiger partial charge in [0.2, 0.25) is 15.9 Å². The first-order valence-corrected chi connectivity index (χ1v) is 12.4. The van der Waals surface area contributed by atoms with Crippen LogP contribution in [0.15, 0.2) is 72.8 Å². The number of nitrogens with one attached hydrogen (secondary N) is 1. The normalized spacial score (nSPS) is 13.3. The number of carbonyl (C=O) groups is 1. The molecule has 0 aliphatic rings. The summed E-state index contributed by atoms with van der Waals surface area (Å²) in [4.78, 5) is 13.5. The SMILES string of the molecule is Cc1ccc(C)c(N(C(C)C(=O)NC(c2ccccc2)c2ccccc2C)S(C)(=O)=O)c1. The fourth-order valence-electron chi connectivity index (χ4n) is 3.90. The second-order valence-corrected chi connectivity index (χ2v) is 10.1. The molecule has 0 aliphatic heterocycles. The highest BCUT2D eigenvalue weighted by atomic mass is 32.2. The number of hydrogen-bond acceptors (Lipinski definition) is 3. The van der Waals surface area contributed by atoms with Crippen LogP contribution < -0.4 is 9.62 Å². The van der Waals surface area contributed by atoms with E-state index in [2.05, 4.69) is 5.32 Å². The first-order chi connectivity index (χ1) is 15.1. The molecule has 3 aromatic rings. The highest BCUT2D eigenvalue weighted by molar-refractivity contribution is 7.92. The number of sulfonamides is 1. The van der Waals surface area contributed by atoms with Gasteiger partial charge in [0.1, 0.15) is 6.04 Å².